The molecule has 0 aliphatic rings. The van der Waals surface area contributed by atoms with Crippen molar-refractivity contribution in [2.45, 2.75) is 0 Å². The first-order valence-corrected chi connectivity index (χ1v) is 5.35. The largest absolute Gasteiger partial charge is 0.478 e. The van der Waals surface area contributed by atoms with Crippen LogP contribution in [0.15, 0.2) is 36.7 Å². The molecule has 0 radical (unpaired) electrons. The molecule has 0 aliphatic heterocycles. The van der Waals surface area contributed by atoms with Gasteiger partial charge in [0.15, 0.2) is 5.75 Å². The number of carbonyl (C=O) groups is 1. The highest BCUT2D eigenvalue weighted by Crippen LogP contribution is 2.29. The number of aromatic nitrogens is 1. The lowest BCUT2D eigenvalue weighted by molar-refractivity contribution is 0.0696. The van der Waals surface area contributed by atoms with Gasteiger partial charge in [0.1, 0.15) is 5.75 Å². The van der Waals surface area contributed by atoms with Crippen LogP contribution in [0.2, 0.25) is 5.02 Å². The zero-order valence-electron chi connectivity index (χ0n) is 9.13. The highest BCUT2D eigenvalue weighted by Gasteiger charge is 2.08. The third-order valence-corrected chi connectivity index (χ3v) is 2.37. The number of anilines is 1. The van der Waals surface area contributed by atoms with Crippen LogP contribution in [0, 0.1) is 0 Å². The van der Waals surface area contributed by atoms with Crippen LogP contribution in [-0.4, -0.2) is 16.1 Å². The van der Waals surface area contributed by atoms with Crippen molar-refractivity contribution in [3.63, 3.8) is 0 Å². The van der Waals surface area contributed by atoms with Crippen molar-refractivity contribution < 1.29 is 14.6 Å². The summed E-state index contributed by atoms with van der Waals surface area (Å²) in [7, 11) is 0. The molecule has 0 saturated heterocycles. The Bertz CT molecular complexity index is 602. The molecule has 2 aromatic rings. The summed E-state index contributed by atoms with van der Waals surface area (Å²) in [6, 6.07) is 5.78. The van der Waals surface area contributed by atoms with Gasteiger partial charge in [-0.15, -0.1) is 0 Å². The number of pyridine rings is 1. The van der Waals surface area contributed by atoms with Gasteiger partial charge >= 0.3 is 5.97 Å². The molecule has 2 rings (SSSR count). The molecule has 0 bridgehead atoms. The minimum Gasteiger partial charge on any atom is -0.478 e. The minimum absolute atomic E-state index is 0.0918. The van der Waals surface area contributed by atoms with E-state index in [1.54, 1.807) is 6.07 Å². The monoisotopic (exact) mass is 264 g/mol. The molecule has 0 amide bonds. The van der Waals surface area contributed by atoms with E-state index in [9.17, 15) is 4.79 Å². The second-order valence-corrected chi connectivity index (χ2v) is 3.94. The number of halogens is 1. The third kappa shape index (κ3) is 2.70. The summed E-state index contributed by atoms with van der Waals surface area (Å²) in [5.41, 5.74) is 6.13. The lowest BCUT2D eigenvalue weighted by Gasteiger charge is -2.09. The van der Waals surface area contributed by atoms with Crippen LogP contribution in [0.4, 0.5) is 5.69 Å². The second-order valence-electron chi connectivity index (χ2n) is 3.50. The SMILES string of the molecule is Nc1ccc(C(=O)O)cc1Oc1cncc(Cl)c1. The number of nitrogens with two attached hydrogens (primary N) is 1. The molecular weight excluding hydrogens is 256 g/mol. The molecule has 0 unspecified atom stereocenters. The van der Waals surface area contributed by atoms with E-state index in [-0.39, 0.29) is 11.3 Å². The topological polar surface area (TPSA) is 85.4 Å². The van der Waals surface area contributed by atoms with Crippen molar-refractivity contribution in [2.24, 2.45) is 0 Å². The molecule has 1 aromatic carbocycles. The first-order valence-electron chi connectivity index (χ1n) is 4.97. The van der Waals surface area contributed by atoms with Gasteiger partial charge in [-0.2, -0.15) is 0 Å². The van der Waals surface area contributed by atoms with Crippen molar-refractivity contribution in [3.05, 3.63) is 47.2 Å². The minimum atomic E-state index is -1.05. The Morgan fingerprint density at radius 1 is 1.33 bits per heavy atom. The van der Waals surface area contributed by atoms with E-state index < -0.39 is 5.97 Å². The number of nitrogens with zero attached hydrogens (tertiary/aromatic N) is 1. The Morgan fingerprint density at radius 2 is 2.11 bits per heavy atom. The van der Waals surface area contributed by atoms with E-state index in [0.717, 1.165) is 0 Å². The van der Waals surface area contributed by atoms with Crippen LogP contribution in [0.5, 0.6) is 11.5 Å². The second kappa shape index (κ2) is 4.93. The fraction of sp³-hybridized carbons (Fsp3) is 0. The standard InChI is InChI=1S/C12H9ClN2O3/c13-8-4-9(6-15-5-8)18-11-3-7(12(16)17)1-2-10(11)14/h1-6H,14H2,(H,16,17). The zero-order chi connectivity index (χ0) is 13.1. The lowest BCUT2D eigenvalue weighted by Crippen LogP contribution is -1.99. The van der Waals surface area contributed by atoms with Crippen molar-refractivity contribution in [1.29, 1.82) is 0 Å². The van der Waals surface area contributed by atoms with Crippen molar-refractivity contribution in [3.8, 4) is 11.5 Å². The Hall–Kier alpha value is -2.27. The molecule has 0 spiro atoms. The Kier molecular flexibility index (Phi) is 3.34. The molecule has 18 heavy (non-hydrogen) atoms. The number of benzene rings is 1. The number of rotatable bonds is 3. The van der Waals surface area contributed by atoms with Gasteiger partial charge in [-0.05, 0) is 18.2 Å². The van der Waals surface area contributed by atoms with Gasteiger partial charge in [-0.3, -0.25) is 4.98 Å². The van der Waals surface area contributed by atoms with Gasteiger partial charge in [-0.1, -0.05) is 11.6 Å². The quantitative estimate of drug-likeness (QED) is 0.833. The molecule has 92 valence electrons. The van der Waals surface area contributed by atoms with E-state index in [0.29, 0.717) is 16.5 Å². The highest BCUT2D eigenvalue weighted by atomic mass is 35.5. The Balaban J connectivity index is 2.33. The summed E-state index contributed by atoms with van der Waals surface area (Å²) in [6.45, 7) is 0. The van der Waals surface area contributed by atoms with Crippen LogP contribution >= 0.6 is 11.6 Å². The number of carboxylic acid groups (broad SMARTS) is 1. The summed E-state index contributed by atoms with van der Waals surface area (Å²) in [5.74, 6) is -0.417. The van der Waals surface area contributed by atoms with Crippen LogP contribution in [-0.2, 0) is 0 Å². The predicted octanol–water partition coefficient (Wildman–Crippen LogP) is 2.81. The predicted molar refractivity (Wildman–Crippen MR) is 67.1 cm³/mol. The summed E-state index contributed by atoms with van der Waals surface area (Å²) in [6.07, 6.45) is 2.92. The average Bonchev–Trinajstić information content (AvgIpc) is 2.31. The number of hydrogen-bond donors (Lipinski definition) is 2. The first-order chi connectivity index (χ1) is 8.56. The molecule has 5 nitrogen and oxygen atoms in total. The smallest absolute Gasteiger partial charge is 0.335 e. The molecule has 0 saturated carbocycles. The molecule has 0 fully saturated rings. The summed E-state index contributed by atoms with van der Waals surface area (Å²) >= 11 is 5.76. The van der Waals surface area contributed by atoms with E-state index in [1.807, 2.05) is 0 Å². The molecular formula is C12H9ClN2O3. The highest BCUT2D eigenvalue weighted by molar-refractivity contribution is 6.30. The van der Waals surface area contributed by atoms with Gasteiger partial charge < -0.3 is 15.6 Å². The number of carboxylic acids is 1. The maximum Gasteiger partial charge on any atom is 0.335 e. The Morgan fingerprint density at radius 3 is 2.78 bits per heavy atom. The van der Waals surface area contributed by atoms with Crippen LogP contribution < -0.4 is 10.5 Å². The van der Waals surface area contributed by atoms with Crippen molar-refractivity contribution in [1.82, 2.24) is 4.98 Å². The fourth-order valence-corrected chi connectivity index (χ4v) is 1.49. The first kappa shape index (κ1) is 12.2. The van der Waals surface area contributed by atoms with Gasteiger partial charge in [0.05, 0.1) is 22.5 Å². The molecule has 1 heterocycles. The van der Waals surface area contributed by atoms with Crippen LogP contribution in [0.3, 0.4) is 0 Å². The van der Waals surface area contributed by atoms with E-state index in [1.165, 1.54) is 30.6 Å². The number of nitrogen functional groups attached to an aromatic ring is 1. The van der Waals surface area contributed by atoms with Crippen LogP contribution in [0.1, 0.15) is 10.4 Å². The number of aromatic carboxylic acids is 1. The molecule has 3 N–H and O–H groups in total. The maximum atomic E-state index is 10.8. The average molecular weight is 265 g/mol. The van der Waals surface area contributed by atoms with Gasteiger partial charge in [-0.25, -0.2) is 4.79 Å². The number of hydrogen-bond acceptors (Lipinski definition) is 4. The summed E-state index contributed by atoms with van der Waals surface area (Å²) in [5, 5.41) is 9.30. The normalized spacial score (nSPS) is 10.1. The molecule has 0 aliphatic carbocycles. The van der Waals surface area contributed by atoms with Gasteiger partial charge in [0, 0.05) is 12.3 Å². The van der Waals surface area contributed by atoms with Crippen LogP contribution in [0.25, 0.3) is 0 Å². The summed E-state index contributed by atoms with van der Waals surface area (Å²) in [4.78, 5) is 14.7. The van der Waals surface area contributed by atoms with Crippen molar-refractivity contribution in [2.75, 3.05) is 5.73 Å². The maximum absolute atomic E-state index is 10.8. The molecule has 6 heteroatoms. The number of ether oxygens (including phenoxy) is 1. The van der Waals surface area contributed by atoms with E-state index in [4.69, 9.17) is 27.2 Å². The fourth-order valence-electron chi connectivity index (χ4n) is 1.33. The van der Waals surface area contributed by atoms with E-state index in [2.05, 4.69) is 4.98 Å². The van der Waals surface area contributed by atoms with Gasteiger partial charge in [0.2, 0.25) is 0 Å². The zero-order valence-corrected chi connectivity index (χ0v) is 9.89. The molecule has 1 aromatic heterocycles. The van der Waals surface area contributed by atoms with E-state index >= 15 is 0 Å². The summed E-state index contributed by atoms with van der Waals surface area (Å²) < 4.78 is 5.45. The van der Waals surface area contributed by atoms with Gasteiger partial charge in [0.25, 0.3) is 0 Å². The third-order valence-electron chi connectivity index (χ3n) is 2.17. The lowest BCUT2D eigenvalue weighted by atomic mass is 10.2. The Labute approximate surface area is 108 Å². The van der Waals surface area contributed by atoms with Crippen molar-refractivity contribution >= 4 is 23.3 Å². The molecule has 0 atom stereocenters.